The number of rotatable bonds is 9. The summed E-state index contributed by atoms with van der Waals surface area (Å²) in [7, 11) is 1.90. The van der Waals surface area contributed by atoms with Crippen LogP contribution in [0.25, 0.3) is 11.5 Å². The van der Waals surface area contributed by atoms with Gasteiger partial charge in [0.2, 0.25) is 11.8 Å². The van der Waals surface area contributed by atoms with Crippen molar-refractivity contribution in [1.82, 2.24) is 15.1 Å². The van der Waals surface area contributed by atoms with Crippen molar-refractivity contribution in [3.8, 4) is 23.0 Å². The van der Waals surface area contributed by atoms with Crippen LogP contribution in [0.2, 0.25) is 0 Å². The molecule has 0 spiro atoms. The molecule has 0 saturated heterocycles. The zero-order valence-electron chi connectivity index (χ0n) is 16.6. The molecule has 29 heavy (non-hydrogen) atoms. The summed E-state index contributed by atoms with van der Waals surface area (Å²) in [5.74, 6) is 1.28. The number of aromatic nitrogens is 2. The highest BCUT2D eigenvalue weighted by Crippen LogP contribution is 2.30. The van der Waals surface area contributed by atoms with Crippen molar-refractivity contribution in [1.29, 1.82) is 0 Å². The second kappa shape index (κ2) is 9.47. The first-order chi connectivity index (χ1) is 13.9. The Hall–Kier alpha value is -3.00. The molecule has 2 aromatic carbocycles. The summed E-state index contributed by atoms with van der Waals surface area (Å²) in [6, 6.07) is 12.8. The first kappa shape index (κ1) is 20.7. The van der Waals surface area contributed by atoms with Crippen molar-refractivity contribution < 1.29 is 22.7 Å². The van der Waals surface area contributed by atoms with Gasteiger partial charge in [-0.15, -0.1) is 10.2 Å². The molecule has 0 radical (unpaired) electrons. The largest absolute Gasteiger partial charge is 0.490 e. The van der Waals surface area contributed by atoms with Crippen molar-refractivity contribution >= 4 is 0 Å². The highest BCUT2D eigenvalue weighted by molar-refractivity contribution is 5.52. The average Bonchev–Trinajstić information content (AvgIpc) is 3.12. The summed E-state index contributed by atoms with van der Waals surface area (Å²) >= 11 is 0. The average molecular weight is 403 g/mol. The van der Waals surface area contributed by atoms with E-state index < -0.39 is 6.61 Å². The predicted octanol–water partition coefficient (Wildman–Crippen LogP) is 4.68. The number of hydrogen-bond donors (Lipinski definition) is 0. The maximum atomic E-state index is 12.5. The summed E-state index contributed by atoms with van der Waals surface area (Å²) in [6.45, 7) is 2.23. The number of benzene rings is 2. The fraction of sp³-hybridized carbons (Fsp3) is 0.333. The van der Waals surface area contributed by atoms with Crippen molar-refractivity contribution in [2.24, 2.45) is 0 Å². The highest BCUT2D eigenvalue weighted by Gasteiger charge is 2.14. The molecule has 8 heteroatoms. The van der Waals surface area contributed by atoms with E-state index in [2.05, 4.69) is 14.9 Å². The van der Waals surface area contributed by atoms with E-state index in [0.29, 0.717) is 31.5 Å². The lowest BCUT2D eigenvalue weighted by atomic mass is 10.1. The third kappa shape index (κ3) is 5.74. The second-order valence-corrected chi connectivity index (χ2v) is 6.63. The van der Waals surface area contributed by atoms with Gasteiger partial charge >= 0.3 is 6.61 Å². The maximum Gasteiger partial charge on any atom is 0.387 e. The molecule has 0 atom stereocenters. The molecule has 3 aromatic rings. The van der Waals surface area contributed by atoms with Gasteiger partial charge in [-0.05, 0) is 50.7 Å². The van der Waals surface area contributed by atoms with Gasteiger partial charge in [0.15, 0.2) is 11.5 Å². The van der Waals surface area contributed by atoms with E-state index >= 15 is 0 Å². The Morgan fingerprint density at radius 1 is 1.03 bits per heavy atom. The zero-order chi connectivity index (χ0) is 20.8. The quantitative estimate of drug-likeness (QED) is 0.517. The molecule has 1 aromatic heterocycles. The zero-order valence-corrected chi connectivity index (χ0v) is 16.6. The number of nitrogens with zero attached hydrogens (tertiary/aromatic N) is 3. The van der Waals surface area contributed by atoms with Crippen molar-refractivity contribution in [2.45, 2.75) is 33.5 Å². The van der Waals surface area contributed by atoms with Gasteiger partial charge in [0.1, 0.15) is 0 Å². The van der Waals surface area contributed by atoms with Crippen molar-refractivity contribution in [3.63, 3.8) is 0 Å². The van der Waals surface area contributed by atoms with Crippen LogP contribution >= 0.6 is 0 Å². The number of hydrogen-bond acceptors (Lipinski definition) is 6. The van der Waals surface area contributed by atoms with Crippen LogP contribution in [0.15, 0.2) is 46.9 Å². The third-order valence-corrected chi connectivity index (χ3v) is 4.15. The molecular formula is C21H23F2N3O3. The van der Waals surface area contributed by atoms with Crippen LogP contribution in [0.1, 0.15) is 23.9 Å². The van der Waals surface area contributed by atoms with Gasteiger partial charge in [-0.25, -0.2) is 0 Å². The molecule has 0 bridgehead atoms. The topological polar surface area (TPSA) is 60.6 Å². The van der Waals surface area contributed by atoms with Crippen LogP contribution < -0.4 is 9.47 Å². The molecule has 0 aliphatic rings. The van der Waals surface area contributed by atoms with Gasteiger partial charge in [-0.2, -0.15) is 8.78 Å². The molecule has 0 fully saturated rings. The van der Waals surface area contributed by atoms with Crippen LogP contribution in [0.3, 0.4) is 0 Å². The summed E-state index contributed by atoms with van der Waals surface area (Å²) < 4.78 is 40.7. The first-order valence-electron chi connectivity index (χ1n) is 9.23. The van der Waals surface area contributed by atoms with Crippen molar-refractivity contribution in [3.05, 3.63) is 59.5 Å². The smallest absolute Gasteiger partial charge is 0.387 e. The first-order valence-corrected chi connectivity index (χ1v) is 9.23. The minimum Gasteiger partial charge on any atom is -0.490 e. The van der Waals surface area contributed by atoms with Gasteiger partial charge in [0, 0.05) is 12.1 Å². The Morgan fingerprint density at radius 2 is 1.79 bits per heavy atom. The summed E-state index contributed by atoms with van der Waals surface area (Å²) in [6.07, 6.45) is 0. The molecule has 154 valence electrons. The van der Waals surface area contributed by atoms with Crippen LogP contribution in [0.5, 0.6) is 11.5 Å². The standard InChI is InChI=1S/C21H23F2N3O3/c1-4-27-18-11-15(7-10-17(18)28-21(22)23)12-26(3)13-19-24-25-20(29-19)16-8-5-14(2)6-9-16/h5-11,21H,4,12-13H2,1-3H3. The maximum absolute atomic E-state index is 12.5. The fourth-order valence-corrected chi connectivity index (χ4v) is 2.84. The van der Waals surface area contributed by atoms with Gasteiger partial charge in [-0.3, -0.25) is 4.90 Å². The molecule has 0 amide bonds. The Balaban J connectivity index is 1.65. The Labute approximate surface area is 168 Å². The molecule has 3 rings (SSSR count). The van der Waals surface area contributed by atoms with E-state index in [9.17, 15) is 8.78 Å². The van der Waals surface area contributed by atoms with Gasteiger partial charge in [-0.1, -0.05) is 23.8 Å². The lowest BCUT2D eigenvalue weighted by molar-refractivity contribution is -0.0514. The lowest BCUT2D eigenvalue weighted by Crippen LogP contribution is -2.17. The molecule has 6 nitrogen and oxygen atoms in total. The molecule has 1 heterocycles. The van der Waals surface area contributed by atoms with Gasteiger partial charge < -0.3 is 13.9 Å². The van der Waals surface area contributed by atoms with E-state index in [1.165, 1.54) is 6.07 Å². The number of halogens is 2. The molecule has 0 aliphatic carbocycles. The summed E-state index contributed by atoms with van der Waals surface area (Å²) in [5.41, 5.74) is 2.91. The minimum absolute atomic E-state index is 0.0212. The van der Waals surface area contributed by atoms with E-state index in [1.54, 1.807) is 19.1 Å². The van der Waals surface area contributed by atoms with Crippen LogP contribution in [0.4, 0.5) is 8.78 Å². The van der Waals surface area contributed by atoms with Gasteiger partial charge in [0.25, 0.3) is 0 Å². The van der Waals surface area contributed by atoms with E-state index in [1.807, 2.05) is 43.1 Å². The second-order valence-electron chi connectivity index (χ2n) is 6.63. The number of alkyl halides is 2. The summed E-state index contributed by atoms with van der Waals surface area (Å²) in [5, 5.41) is 8.21. The lowest BCUT2D eigenvalue weighted by Gasteiger charge is -2.17. The summed E-state index contributed by atoms with van der Waals surface area (Å²) in [4.78, 5) is 1.98. The van der Waals surface area contributed by atoms with Crippen LogP contribution in [0, 0.1) is 6.92 Å². The Morgan fingerprint density at radius 3 is 2.48 bits per heavy atom. The monoisotopic (exact) mass is 403 g/mol. The van der Waals surface area contributed by atoms with Crippen LogP contribution in [-0.4, -0.2) is 35.4 Å². The molecule has 0 unspecified atom stereocenters. The molecular weight excluding hydrogens is 380 g/mol. The normalized spacial score (nSPS) is 11.3. The van der Waals surface area contributed by atoms with E-state index in [-0.39, 0.29) is 11.5 Å². The molecule has 0 aliphatic heterocycles. The SMILES string of the molecule is CCOc1cc(CN(C)Cc2nnc(-c3ccc(C)cc3)o2)ccc1OC(F)F. The van der Waals surface area contributed by atoms with E-state index in [4.69, 9.17) is 9.15 Å². The molecule has 0 saturated carbocycles. The number of aryl methyl sites for hydroxylation is 1. The Kier molecular flexibility index (Phi) is 6.77. The van der Waals surface area contributed by atoms with Gasteiger partial charge in [0.05, 0.1) is 13.2 Å². The highest BCUT2D eigenvalue weighted by atomic mass is 19.3. The minimum atomic E-state index is -2.90. The number of ether oxygens (including phenoxy) is 2. The molecule has 0 N–H and O–H groups in total. The third-order valence-electron chi connectivity index (χ3n) is 4.15. The fourth-order valence-electron chi connectivity index (χ4n) is 2.84. The van der Waals surface area contributed by atoms with Crippen LogP contribution in [-0.2, 0) is 13.1 Å². The predicted molar refractivity (Wildman–Crippen MR) is 104 cm³/mol. The van der Waals surface area contributed by atoms with Crippen molar-refractivity contribution in [2.75, 3.05) is 13.7 Å². The Bertz CT molecular complexity index is 929. The van der Waals surface area contributed by atoms with E-state index in [0.717, 1.165) is 16.7 Å².